The molecular weight excluding hydrogens is 396 g/mol. The van der Waals surface area contributed by atoms with Crippen LogP contribution < -0.4 is 10.9 Å². The van der Waals surface area contributed by atoms with E-state index in [2.05, 4.69) is 39.5 Å². The van der Waals surface area contributed by atoms with Crippen molar-refractivity contribution in [2.45, 2.75) is 45.2 Å². The average molecular weight is 423 g/mol. The van der Waals surface area contributed by atoms with Gasteiger partial charge < -0.3 is 5.32 Å². The molecule has 0 spiro atoms. The first-order valence-electron chi connectivity index (χ1n) is 10.7. The van der Waals surface area contributed by atoms with Crippen LogP contribution in [-0.2, 0) is 13.0 Å². The Morgan fingerprint density at radius 1 is 1.17 bits per heavy atom. The second kappa shape index (κ2) is 7.96. The van der Waals surface area contributed by atoms with Crippen molar-refractivity contribution in [1.29, 1.82) is 0 Å². The summed E-state index contributed by atoms with van der Waals surface area (Å²) in [6.45, 7) is 5.27. The molecule has 1 saturated heterocycles. The standard InChI is InChI=1S/C23H26N4O2S/c1-15-19-22(25-18-10-7-13-27(18)23(19)29)30-20(15)21(28)24-14-17(26-11-5-6-12-26)16-8-3-2-4-9-16/h2-4,8-9,17H,5-7,10-14H2,1H3,(H,24,28)/t17-/m1/s1. The number of carbonyl (C=O) groups excluding carboxylic acids is 1. The zero-order chi connectivity index (χ0) is 20.7. The van der Waals surface area contributed by atoms with Gasteiger partial charge in [-0.3, -0.25) is 19.1 Å². The van der Waals surface area contributed by atoms with E-state index in [9.17, 15) is 9.59 Å². The van der Waals surface area contributed by atoms with Crippen molar-refractivity contribution in [3.8, 4) is 0 Å². The van der Waals surface area contributed by atoms with E-state index in [1.165, 1.54) is 29.7 Å². The number of nitrogens with zero attached hydrogens (tertiary/aromatic N) is 3. The second-order valence-electron chi connectivity index (χ2n) is 8.20. The fourth-order valence-corrected chi connectivity index (χ4v) is 5.85. The van der Waals surface area contributed by atoms with Gasteiger partial charge in [-0.1, -0.05) is 30.3 Å². The SMILES string of the molecule is Cc1c(C(=O)NC[C@H](c2ccccc2)N2CCCC2)sc2nc3n(c(=O)c12)CCC3. The number of benzene rings is 1. The van der Waals surface area contributed by atoms with Crippen molar-refractivity contribution in [3.05, 3.63) is 62.5 Å². The lowest BCUT2D eigenvalue weighted by Gasteiger charge is -2.28. The van der Waals surface area contributed by atoms with Crippen molar-refractivity contribution in [1.82, 2.24) is 19.8 Å². The zero-order valence-corrected chi connectivity index (χ0v) is 18.0. The van der Waals surface area contributed by atoms with Gasteiger partial charge in [0.1, 0.15) is 10.7 Å². The lowest BCUT2D eigenvalue weighted by molar-refractivity contribution is 0.0941. The second-order valence-corrected chi connectivity index (χ2v) is 9.20. The summed E-state index contributed by atoms with van der Waals surface area (Å²) in [7, 11) is 0. The van der Waals surface area contributed by atoms with Crippen LogP contribution in [0.25, 0.3) is 10.2 Å². The van der Waals surface area contributed by atoms with E-state index in [1.54, 1.807) is 4.57 Å². The first-order chi connectivity index (χ1) is 14.6. The molecule has 1 amide bonds. The van der Waals surface area contributed by atoms with Gasteiger partial charge in [0.2, 0.25) is 0 Å². The number of hydrogen-bond donors (Lipinski definition) is 1. The van der Waals surface area contributed by atoms with Crippen LogP contribution in [0.15, 0.2) is 35.1 Å². The number of nitrogens with one attached hydrogen (secondary N) is 1. The van der Waals surface area contributed by atoms with E-state index in [0.29, 0.717) is 21.6 Å². The fourth-order valence-electron chi connectivity index (χ4n) is 4.75. The highest BCUT2D eigenvalue weighted by molar-refractivity contribution is 7.20. The van der Waals surface area contributed by atoms with Gasteiger partial charge in [0, 0.05) is 19.5 Å². The van der Waals surface area contributed by atoms with Gasteiger partial charge in [-0.15, -0.1) is 11.3 Å². The molecule has 1 atom stereocenters. The van der Waals surface area contributed by atoms with E-state index in [0.717, 1.165) is 43.9 Å². The number of fused-ring (bicyclic) bond motifs is 2. The Balaban J connectivity index is 1.41. The topological polar surface area (TPSA) is 67.2 Å². The summed E-state index contributed by atoms with van der Waals surface area (Å²) in [5.41, 5.74) is 1.98. The molecular formula is C23H26N4O2S. The van der Waals surface area contributed by atoms with Crippen LogP contribution in [-0.4, -0.2) is 40.0 Å². The van der Waals surface area contributed by atoms with Crippen LogP contribution in [0.1, 0.15) is 51.9 Å². The summed E-state index contributed by atoms with van der Waals surface area (Å²) in [5, 5.41) is 3.75. The maximum Gasteiger partial charge on any atom is 0.262 e. The third-order valence-electron chi connectivity index (χ3n) is 6.34. The predicted molar refractivity (Wildman–Crippen MR) is 119 cm³/mol. The highest BCUT2D eigenvalue weighted by atomic mass is 32.1. The highest BCUT2D eigenvalue weighted by Gasteiger charge is 2.26. The third kappa shape index (κ3) is 3.36. The largest absolute Gasteiger partial charge is 0.349 e. The van der Waals surface area contributed by atoms with E-state index >= 15 is 0 Å². The van der Waals surface area contributed by atoms with Crippen molar-refractivity contribution in [2.75, 3.05) is 19.6 Å². The van der Waals surface area contributed by atoms with Gasteiger partial charge >= 0.3 is 0 Å². The first-order valence-corrected chi connectivity index (χ1v) is 11.5. The number of hydrogen-bond acceptors (Lipinski definition) is 5. The molecule has 2 aliphatic heterocycles. The molecule has 156 valence electrons. The first kappa shape index (κ1) is 19.5. The summed E-state index contributed by atoms with van der Waals surface area (Å²) < 4.78 is 1.77. The third-order valence-corrected chi connectivity index (χ3v) is 7.52. The van der Waals surface area contributed by atoms with E-state index in [4.69, 9.17) is 0 Å². The molecule has 2 aliphatic rings. The molecule has 2 aromatic heterocycles. The maximum atomic E-state index is 13.1. The van der Waals surface area contributed by atoms with Crippen LogP contribution in [0.4, 0.5) is 0 Å². The number of likely N-dealkylation sites (tertiary alicyclic amines) is 1. The molecule has 0 saturated carbocycles. The number of aromatic nitrogens is 2. The van der Waals surface area contributed by atoms with Gasteiger partial charge in [0.05, 0.1) is 16.3 Å². The Morgan fingerprint density at radius 2 is 1.93 bits per heavy atom. The Kier molecular flexibility index (Phi) is 5.16. The summed E-state index contributed by atoms with van der Waals surface area (Å²) in [6, 6.07) is 10.5. The quantitative estimate of drug-likeness (QED) is 0.685. The number of carbonyl (C=O) groups is 1. The van der Waals surface area contributed by atoms with Crippen LogP contribution in [0, 0.1) is 6.92 Å². The van der Waals surface area contributed by atoms with Gasteiger partial charge in [-0.2, -0.15) is 0 Å². The minimum Gasteiger partial charge on any atom is -0.349 e. The molecule has 3 aromatic rings. The van der Waals surface area contributed by atoms with Crippen molar-refractivity contribution >= 4 is 27.5 Å². The molecule has 0 aliphatic carbocycles. The minimum absolute atomic E-state index is 0.000436. The smallest absolute Gasteiger partial charge is 0.262 e. The monoisotopic (exact) mass is 422 g/mol. The highest BCUT2D eigenvalue weighted by Crippen LogP contribution is 2.29. The molecule has 1 fully saturated rings. The maximum absolute atomic E-state index is 13.1. The van der Waals surface area contributed by atoms with Crippen LogP contribution in [0.3, 0.4) is 0 Å². The molecule has 0 radical (unpaired) electrons. The lowest BCUT2D eigenvalue weighted by Crippen LogP contribution is -2.36. The van der Waals surface area contributed by atoms with Crippen LogP contribution in [0.2, 0.25) is 0 Å². The van der Waals surface area contributed by atoms with Crippen molar-refractivity contribution < 1.29 is 4.79 Å². The molecule has 5 rings (SSSR count). The summed E-state index contributed by atoms with van der Waals surface area (Å²) in [6.07, 6.45) is 4.20. The molecule has 0 bridgehead atoms. The Bertz CT molecular complexity index is 1150. The Morgan fingerprint density at radius 3 is 2.70 bits per heavy atom. The molecule has 1 N–H and O–H groups in total. The number of thiophene rings is 1. The van der Waals surface area contributed by atoms with Crippen molar-refractivity contribution in [2.24, 2.45) is 0 Å². The van der Waals surface area contributed by atoms with Gasteiger partial charge in [-0.25, -0.2) is 4.98 Å². The van der Waals surface area contributed by atoms with Gasteiger partial charge in [-0.05, 0) is 50.4 Å². The van der Waals surface area contributed by atoms with Crippen molar-refractivity contribution in [3.63, 3.8) is 0 Å². The van der Waals surface area contributed by atoms with Gasteiger partial charge in [0.25, 0.3) is 11.5 Å². The summed E-state index contributed by atoms with van der Waals surface area (Å²) in [5.74, 6) is 0.735. The Hall–Kier alpha value is -2.51. The Labute approximate surface area is 179 Å². The average Bonchev–Trinajstić information content (AvgIpc) is 3.50. The molecule has 7 heteroatoms. The molecule has 4 heterocycles. The minimum atomic E-state index is -0.111. The van der Waals surface area contributed by atoms with E-state index in [1.807, 2.05) is 13.0 Å². The van der Waals surface area contributed by atoms with E-state index < -0.39 is 0 Å². The predicted octanol–water partition coefficient (Wildman–Crippen LogP) is 3.28. The number of aryl methyl sites for hydroxylation is 2. The van der Waals surface area contributed by atoms with E-state index in [-0.39, 0.29) is 17.5 Å². The molecule has 0 unspecified atom stereocenters. The summed E-state index contributed by atoms with van der Waals surface area (Å²) in [4.78, 5) is 34.4. The summed E-state index contributed by atoms with van der Waals surface area (Å²) >= 11 is 1.34. The normalized spacial score (nSPS) is 17.4. The number of rotatable bonds is 5. The lowest BCUT2D eigenvalue weighted by atomic mass is 10.1. The molecule has 6 nitrogen and oxygen atoms in total. The van der Waals surface area contributed by atoms with Gasteiger partial charge in [0.15, 0.2) is 0 Å². The van der Waals surface area contributed by atoms with Crippen LogP contribution in [0.5, 0.6) is 0 Å². The number of amides is 1. The molecule has 30 heavy (non-hydrogen) atoms. The fraction of sp³-hybridized carbons (Fsp3) is 0.435. The van der Waals surface area contributed by atoms with Crippen LogP contribution >= 0.6 is 11.3 Å². The molecule has 1 aromatic carbocycles. The zero-order valence-electron chi connectivity index (χ0n) is 17.2.